The summed E-state index contributed by atoms with van der Waals surface area (Å²) < 4.78 is 25.8. The molecule has 0 atom stereocenters. The lowest BCUT2D eigenvalue weighted by Crippen LogP contribution is -2.16. The second-order valence-electron chi connectivity index (χ2n) is 4.03. The molecular formula is C12H18N2O3S. The summed E-state index contributed by atoms with van der Waals surface area (Å²) in [6.45, 7) is 3.36. The number of sulfonamides is 1. The number of nitrogens with one attached hydrogen (secondary N) is 2. The van der Waals surface area contributed by atoms with Crippen LogP contribution in [-0.4, -0.2) is 20.1 Å². The van der Waals surface area contributed by atoms with Crippen LogP contribution in [0.4, 0.5) is 11.4 Å². The first kappa shape index (κ1) is 14.5. The first-order valence-electron chi connectivity index (χ1n) is 5.81. The van der Waals surface area contributed by atoms with Crippen LogP contribution in [-0.2, 0) is 14.8 Å². The van der Waals surface area contributed by atoms with E-state index in [2.05, 4.69) is 10.0 Å². The number of unbranched alkanes of at least 4 members (excludes halogenated alkanes) is 1. The molecule has 1 rings (SSSR count). The SMILES string of the molecule is CCCCS(=O)(=O)Nc1ccc(NC(C)=O)cc1. The molecule has 0 spiro atoms. The predicted octanol–water partition coefficient (Wildman–Crippen LogP) is 2.19. The predicted molar refractivity (Wildman–Crippen MR) is 73.1 cm³/mol. The summed E-state index contributed by atoms with van der Waals surface area (Å²) in [6.07, 6.45) is 1.47. The van der Waals surface area contributed by atoms with Crippen molar-refractivity contribution in [2.24, 2.45) is 0 Å². The minimum absolute atomic E-state index is 0.122. The smallest absolute Gasteiger partial charge is 0.232 e. The Bertz CT molecular complexity index is 495. The van der Waals surface area contributed by atoms with E-state index in [1.54, 1.807) is 24.3 Å². The Labute approximate surface area is 108 Å². The van der Waals surface area contributed by atoms with Crippen LogP contribution in [0.3, 0.4) is 0 Å². The zero-order valence-electron chi connectivity index (χ0n) is 10.6. The maximum Gasteiger partial charge on any atom is 0.232 e. The van der Waals surface area contributed by atoms with E-state index in [9.17, 15) is 13.2 Å². The summed E-state index contributed by atoms with van der Waals surface area (Å²) in [5.74, 6) is -0.0389. The summed E-state index contributed by atoms with van der Waals surface area (Å²) in [4.78, 5) is 10.8. The standard InChI is InChI=1S/C12H18N2O3S/c1-3-4-9-18(16,17)14-12-7-5-11(6-8-12)13-10(2)15/h5-8,14H,3-4,9H2,1-2H3,(H,13,15). The van der Waals surface area contributed by atoms with E-state index in [1.807, 2.05) is 6.92 Å². The molecule has 2 N–H and O–H groups in total. The largest absolute Gasteiger partial charge is 0.326 e. The van der Waals surface area contributed by atoms with Crippen molar-refractivity contribution in [2.75, 3.05) is 15.8 Å². The van der Waals surface area contributed by atoms with Gasteiger partial charge in [-0.1, -0.05) is 13.3 Å². The highest BCUT2D eigenvalue weighted by Gasteiger charge is 2.09. The van der Waals surface area contributed by atoms with Crippen LogP contribution in [0.5, 0.6) is 0 Å². The van der Waals surface area contributed by atoms with Gasteiger partial charge in [0.25, 0.3) is 0 Å². The minimum Gasteiger partial charge on any atom is -0.326 e. The minimum atomic E-state index is -3.27. The maximum absolute atomic E-state index is 11.6. The number of hydrogen-bond donors (Lipinski definition) is 2. The Morgan fingerprint density at radius 1 is 1.17 bits per heavy atom. The Hall–Kier alpha value is -1.56. The zero-order valence-corrected chi connectivity index (χ0v) is 11.4. The molecule has 0 unspecified atom stereocenters. The molecule has 0 aliphatic heterocycles. The lowest BCUT2D eigenvalue weighted by molar-refractivity contribution is -0.114. The number of carbonyl (C=O) groups excluding carboxylic acids is 1. The third kappa shape index (κ3) is 5.18. The number of anilines is 2. The molecule has 0 radical (unpaired) electrons. The van der Waals surface area contributed by atoms with Gasteiger partial charge < -0.3 is 5.32 Å². The maximum atomic E-state index is 11.6. The van der Waals surface area contributed by atoms with Crippen LogP contribution < -0.4 is 10.0 Å². The van der Waals surface area contributed by atoms with Gasteiger partial charge in [0, 0.05) is 18.3 Å². The number of amides is 1. The van der Waals surface area contributed by atoms with Crippen molar-refractivity contribution in [3.63, 3.8) is 0 Å². The topological polar surface area (TPSA) is 75.3 Å². The second kappa shape index (κ2) is 6.39. The van der Waals surface area contributed by atoms with Crippen molar-refractivity contribution in [2.45, 2.75) is 26.7 Å². The van der Waals surface area contributed by atoms with Crippen LogP contribution in [0.1, 0.15) is 26.7 Å². The van der Waals surface area contributed by atoms with E-state index in [1.165, 1.54) is 6.92 Å². The van der Waals surface area contributed by atoms with Crippen LogP contribution in [0.2, 0.25) is 0 Å². The number of benzene rings is 1. The lowest BCUT2D eigenvalue weighted by atomic mass is 10.3. The van der Waals surface area contributed by atoms with E-state index >= 15 is 0 Å². The average molecular weight is 270 g/mol. The van der Waals surface area contributed by atoms with E-state index in [4.69, 9.17) is 0 Å². The lowest BCUT2D eigenvalue weighted by Gasteiger charge is -2.08. The zero-order chi connectivity index (χ0) is 13.6. The Kier molecular flexibility index (Phi) is 5.15. The normalized spacial score (nSPS) is 11.0. The van der Waals surface area contributed by atoms with Gasteiger partial charge in [-0.15, -0.1) is 0 Å². The van der Waals surface area contributed by atoms with Gasteiger partial charge in [-0.2, -0.15) is 0 Å². The molecule has 0 bridgehead atoms. The molecule has 0 fully saturated rings. The molecule has 0 aliphatic rings. The first-order valence-corrected chi connectivity index (χ1v) is 7.46. The molecule has 0 aromatic heterocycles. The van der Waals surface area contributed by atoms with Crippen LogP contribution in [0, 0.1) is 0 Å². The molecule has 18 heavy (non-hydrogen) atoms. The Balaban J connectivity index is 2.66. The summed E-state index contributed by atoms with van der Waals surface area (Å²) in [5.41, 5.74) is 1.14. The monoisotopic (exact) mass is 270 g/mol. The van der Waals surface area contributed by atoms with Gasteiger partial charge in [-0.05, 0) is 30.7 Å². The van der Waals surface area contributed by atoms with Gasteiger partial charge >= 0.3 is 0 Å². The molecule has 6 heteroatoms. The Morgan fingerprint density at radius 3 is 2.22 bits per heavy atom. The van der Waals surface area contributed by atoms with Crippen molar-refractivity contribution in [3.05, 3.63) is 24.3 Å². The first-order chi connectivity index (χ1) is 8.43. The number of hydrogen-bond acceptors (Lipinski definition) is 3. The molecule has 1 aromatic carbocycles. The number of carbonyl (C=O) groups is 1. The summed E-state index contributed by atoms with van der Waals surface area (Å²) in [6, 6.07) is 6.54. The van der Waals surface area contributed by atoms with Crippen molar-refractivity contribution in [1.82, 2.24) is 0 Å². The van der Waals surface area contributed by atoms with Crippen LogP contribution >= 0.6 is 0 Å². The molecule has 0 aliphatic carbocycles. The molecule has 5 nitrogen and oxygen atoms in total. The molecule has 0 saturated heterocycles. The summed E-state index contributed by atoms with van der Waals surface area (Å²) in [5, 5.41) is 2.61. The fourth-order valence-electron chi connectivity index (χ4n) is 1.39. The van der Waals surface area contributed by atoms with Crippen molar-refractivity contribution in [3.8, 4) is 0 Å². The summed E-state index contributed by atoms with van der Waals surface area (Å²) >= 11 is 0. The number of rotatable bonds is 6. The molecule has 100 valence electrons. The van der Waals surface area contributed by atoms with E-state index < -0.39 is 10.0 Å². The highest BCUT2D eigenvalue weighted by Crippen LogP contribution is 2.15. The molecule has 0 saturated carbocycles. The van der Waals surface area contributed by atoms with Crippen molar-refractivity contribution < 1.29 is 13.2 Å². The van der Waals surface area contributed by atoms with Gasteiger partial charge in [-0.25, -0.2) is 8.42 Å². The molecule has 1 aromatic rings. The third-order valence-corrected chi connectivity index (χ3v) is 3.62. The fraction of sp³-hybridized carbons (Fsp3) is 0.417. The highest BCUT2D eigenvalue weighted by atomic mass is 32.2. The highest BCUT2D eigenvalue weighted by molar-refractivity contribution is 7.92. The molecular weight excluding hydrogens is 252 g/mol. The van der Waals surface area contributed by atoms with Crippen molar-refractivity contribution in [1.29, 1.82) is 0 Å². The quantitative estimate of drug-likeness (QED) is 0.832. The van der Waals surface area contributed by atoms with Gasteiger partial charge in [0.2, 0.25) is 15.9 Å². The van der Waals surface area contributed by atoms with Crippen molar-refractivity contribution >= 4 is 27.3 Å². The molecule has 0 heterocycles. The average Bonchev–Trinajstić information content (AvgIpc) is 2.28. The van der Waals surface area contributed by atoms with Gasteiger partial charge in [-0.3, -0.25) is 9.52 Å². The van der Waals surface area contributed by atoms with Gasteiger partial charge in [0.05, 0.1) is 5.75 Å². The van der Waals surface area contributed by atoms with E-state index in [-0.39, 0.29) is 11.7 Å². The van der Waals surface area contributed by atoms with E-state index in [0.717, 1.165) is 6.42 Å². The van der Waals surface area contributed by atoms with Gasteiger partial charge in [0.1, 0.15) is 0 Å². The summed E-state index contributed by atoms with van der Waals surface area (Å²) in [7, 11) is -3.27. The third-order valence-electron chi connectivity index (χ3n) is 2.25. The van der Waals surface area contributed by atoms with E-state index in [0.29, 0.717) is 17.8 Å². The molecule has 1 amide bonds. The van der Waals surface area contributed by atoms with Gasteiger partial charge in [0.15, 0.2) is 0 Å². The fourth-order valence-corrected chi connectivity index (χ4v) is 2.66. The van der Waals surface area contributed by atoms with Crippen LogP contribution in [0.15, 0.2) is 24.3 Å². The second-order valence-corrected chi connectivity index (χ2v) is 5.87. The Morgan fingerprint density at radius 2 is 1.72 bits per heavy atom. The van der Waals surface area contributed by atoms with Crippen LogP contribution in [0.25, 0.3) is 0 Å².